The van der Waals surface area contributed by atoms with Crippen molar-refractivity contribution in [3.8, 4) is 0 Å². The summed E-state index contributed by atoms with van der Waals surface area (Å²) in [5.74, 6) is 0.713. The minimum Gasteiger partial charge on any atom is -0.492 e. The van der Waals surface area contributed by atoms with Gasteiger partial charge >= 0.3 is 0 Å². The minimum atomic E-state index is -0.258. The van der Waals surface area contributed by atoms with Gasteiger partial charge in [-0.3, -0.25) is 0 Å². The molecular weight excluding hydrogens is 114 g/mol. The summed E-state index contributed by atoms with van der Waals surface area (Å²) >= 11 is 0. The Bertz CT molecular complexity index is 107. The number of nitrogens with two attached hydrogens (primary N) is 1. The molecule has 0 fully saturated rings. The summed E-state index contributed by atoms with van der Waals surface area (Å²) in [6, 6.07) is 0. The average molecular weight is 129 g/mol. The van der Waals surface area contributed by atoms with Crippen LogP contribution in [0.3, 0.4) is 0 Å². The van der Waals surface area contributed by atoms with Crippen molar-refractivity contribution in [1.29, 1.82) is 0 Å². The lowest BCUT2D eigenvalue weighted by Crippen LogP contribution is -2.33. The maximum Gasteiger partial charge on any atom is 0.115 e. The molecule has 0 aromatic rings. The zero-order valence-electron chi connectivity index (χ0n) is 6.40. The third kappa shape index (κ3) is 4.03. The van der Waals surface area contributed by atoms with Crippen LogP contribution in [0, 0.1) is 0 Å². The molecule has 2 N–H and O–H groups in total. The third-order valence-corrected chi connectivity index (χ3v) is 0.942. The van der Waals surface area contributed by atoms with Crippen molar-refractivity contribution in [2.24, 2.45) is 5.73 Å². The fraction of sp³-hybridized carbons (Fsp3) is 0.714. The Morgan fingerprint density at radius 2 is 2.11 bits per heavy atom. The largest absolute Gasteiger partial charge is 0.492 e. The summed E-state index contributed by atoms with van der Waals surface area (Å²) < 4.78 is 5.27. The Hall–Kier alpha value is -0.500. The SMILES string of the molecule is C=C(C)OC(C)(C)CN. The van der Waals surface area contributed by atoms with Crippen LogP contribution in [0.25, 0.3) is 0 Å². The van der Waals surface area contributed by atoms with Gasteiger partial charge in [0.05, 0.1) is 5.76 Å². The number of ether oxygens (including phenoxy) is 1. The first-order chi connectivity index (χ1) is 3.98. The van der Waals surface area contributed by atoms with Crippen LogP contribution in [-0.4, -0.2) is 12.1 Å². The number of hydrogen-bond donors (Lipinski definition) is 1. The highest BCUT2D eigenvalue weighted by molar-refractivity contribution is 4.81. The molecule has 0 aromatic heterocycles. The molecule has 0 bridgehead atoms. The van der Waals surface area contributed by atoms with Gasteiger partial charge in [-0.15, -0.1) is 0 Å². The van der Waals surface area contributed by atoms with Crippen molar-refractivity contribution >= 4 is 0 Å². The second kappa shape index (κ2) is 2.87. The predicted octanol–water partition coefficient (Wildman–Crippen LogP) is 1.27. The number of hydrogen-bond acceptors (Lipinski definition) is 2. The molecule has 2 heteroatoms. The van der Waals surface area contributed by atoms with Gasteiger partial charge in [0.1, 0.15) is 5.60 Å². The van der Waals surface area contributed by atoms with Crippen molar-refractivity contribution in [1.82, 2.24) is 0 Å². The molecule has 0 amide bonds. The van der Waals surface area contributed by atoms with E-state index >= 15 is 0 Å². The second-order valence-electron chi connectivity index (χ2n) is 2.77. The fourth-order valence-corrected chi connectivity index (χ4v) is 0.513. The van der Waals surface area contributed by atoms with Gasteiger partial charge in [-0.1, -0.05) is 6.58 Å². The second-order valence-corrected chi connectivity index (χ2v) is 2.77. The summed E-state index contributed by atoms with van der Waals surface area (Å²) in [4.78, 5) is 0. The molecule has 0 rings (SSSR count). The van der Waals surface area contributed by atoms with Crippen molar-refractivity contribution in [3.05, 3.63) is 12.3 Å². The molecule has 9 heavy (non-hydrogen) atoms. The zero-order valence-corrected chi connectivity index (χ0v) is 6.40. The van der Waals surface area contributed by atoms with Gasteiger partial charge in [0, 0.05) is 6.54 Å². The van der Waals surface area contributed by atoms with E-state index in [-0.39, 0.29) is 5.60 Å². The Morgan fingerprint density at radius 3 is 2.22 bits per heavy atom. The van der Waals surface area contributed by atoms with E-state index in [1.54, 1.807) is 0 Å². The summed E-state index contributed by atoms with van der Waals surface area (Å²) in [7, 11) is 0. The predicted molar refractivity (Wildman–Crippen MR) is 39.0 cm³/mol. The van der Waals surface area contributed by atoms with E-state index in [4.69, 9.17) is 10.5 Å². The molecule has 0 aliphatic heterocycles. The Balaban J connectivity index is 3.71. The van der Waals surface area contributed by atoms with Gasteiger partial charge < -0.3 is 10.5 Å². The van der Waals surface area contributed by atoms with E-state index in [1.807, 2.05) is 20.8 Å². The van der Waals surface area contributed by atoms with Gasteiger partial charge in [0.15, 0.2) is 0 Å². The Kier molecular flexibility index (Phi) is 2.71. The lowest BCUT2D eigenvalue weighted by atomic mass is 10.1. The summed E-state index contributed by atoms with van der Waals surface area (Å²) in [6.07, 6.45) is 0. The number of allylic oxidation sites excluding steroid dienone is 1. The maximum atomic E-state index is 5.39. The third-order valence-electron chi connectivity index (χ3n) is 0.942. The van der Waals surface area contributed by atoms with Crippen molar-refractivity contribution < 1.29 is 4.74 Å². The van der Waals surface area contributed by atoms with Gasteiger partial charge in [0.25, 0.3) is 0 Å². The van der Waals surface area contributed by atoms with Gasteiger partial charge in [-0.05, 0) is 20.8 Å². The molecule has 0 heterocycles. The van der Waals surface area contributed by atoms with E-state index in [9.17, 15) is 0 Å². The van der Waals surface area contributed by atoms with E-state index in [0.29, 0.717) is 12.3 Å². The highest BCUT2D eigenvalue weighted by Crippen LogP contribution is 2.10. The van der Waals surface area contributed by atoms with Crippen LogP contribution >= 0.6 is 0 Å². The monoisotopic (exact) mass is 129 g/mol. The van der Waals surface area contributed by atoms with Crippen LogP contribution in [0.1, 0.15) is 20.8 Å². The van der Waals surface area contributed by atoms with E-state index < -0.39 is 0 Å². The summed E-state index contributed by atoms with van der Waals surface area (Å²) in [5, 5.41) is 0. The normalized spacial score (nSPS) is 11.1. The lowest BCUT2D eigenvalue weighted by Gasteiger charge is -2.24. The van der Waals surface area contributed by atoms with Crippen LogP contribution in [-0.2, 0) is 4.74 Å². The van der Waals surface area contributed by atoms with E-state index in [1.165, 1.54) is 0 Å². The van der Waals surface area contributed by atoms with Crippen molar-refractivity contribution in [2.75, 3.05) is 6.54 Å². The Morgan fingerprint density at radius 1 is 1.67 bits per heavy atom. The van der Waals surface area contributed by atoms with Crippen LogP contribution in [0.2, 0.25) is 0 Å². The van der Waals surface area contributed by atoms with E-state index in [2.05, 4.69) is 6.58 Å². The lowest BCUT2D eigenvalue weighted by molar-refractivity contribution is 0.0450. The molecule has 0 radical (unpaired) electrons. The van der Waals surface area contributed by atoms with Crippen LogP contribution < -0.4 is 5.73 Å². The Labute approximate surface area is 56.7 Å². The molecular formula is C7H15NO. The summed E-state index contributed by atoms with van der Waals surface area (Å²) in [6.45, 7) is 9.81. The van der Waals surface area contributed by atoms with Gasteiger partial charge in [0.2, 0.25) is 0 Å². The standard InChI is InChI=1S/C7H15NO/c1-6(2)9-7(3,4)5-8/h1,5,8H2,2-4H3. The molecule has 0 saturated heterocycles. The van der Waals surface area contributed by atoms with E-state index in [0.717, 1.165) is 0 Å². The molecule has 0 aliphatic carbocycles. The fourth-order valence-electron chi connectivity index (χ4n) is 0.513. The summed E-state index contributed by atoms with van der Waals surface area (Å²) in [5.41, 5.74) is 5.13. The first-order valence-corrected chi connectivity index (χ1v) is 3.02. The molecule has 54 valence electrons. The molecule has 0 atom stereocenters. The molecule has 0 aliphatic rings. The molecule has 0 spiro atoms. The molecule has 2 nitrogen and oxygen atoms in total. The van der Waals surface area contributed by atoms with Crippen LogP contribution in [0.4, 0.5) is 0 Å². The first-order valence-electron chi connectivity index (χ1n) is 3.02. The van der Waals surface area contributed by atoms with Crippen LogP contribution in [0.15, 0.2) is 12.3 Å². The minimum absolute atomic E-state index is 0.258. The molecule has 0 saturated carbocycles. The van der Waals surface area contributed by atoms with Crippen molar-refractivity contribution in [3.63, 3.8) is 0 Å². The molecule has 0 unspecified atom stereocenters. The highest BCUT2D eigenvalue weighted by atomic mass is 16.5. The quantitative estimate of drug-likeness (QED) is 0.582. The number of rotatable bonds is 3. The first kappa shape index (κ1) is 8.50. The maximum absolute atomic E-state index is 5.39. The topological polar surface area (TPSA) is 35.2 Å². The molecule has 0 aromatic carbocycles. The highest BCUT2D eigenvalue weighted by Gasteiger charge is 2.15. The van der Waals surface area contributed by atoms with Crippen LogP contribution in [0.5, 0.6) is 0 Å². The average Bonchev–Trinajstić information content (AvgIpc) is 1.63. The zero-order chi connectivity index (χ0) is 7.49. The van der Waals surface area contributed by atoms with Gasteiger partial charge in [-0.25, -0.2) is 0 Å². The smallest absolute Gasteiger partial charge is 0.115 e. The van der Waals surface area contributed by atoms with Crippen molar-refractivity contribution in [2.45, 2.75) is 26.4 Å². The van der Waals surface area contributed by atoms with Gasteiger partial charge in [-0.2, -0.15) is 0 Å².